The molecule has 0 bridgehead atoms. The zero-order valence-electron chi connectivity index (χ0n) is 15.4. The molecule has 1 aliphatic rings. The van der Waals surface area contributed by atoms with Gasteiger partial charge in [0.1, 0.15) is 5.60 Å². The topological polar surface area (TPSA) is 60.5 Å². The third kappa shape index (κ3) is 4.47. The summed E-state index contributed by atoms with van der Waals surface area (Å²) in [7, 11) is 1.63. The molecule has 1 aliphatic carbocycles. The molecule has 5 nitrogen and oxygen atoms in total. The summed E-state index contributed by atoms with van der Waals surface area (Å²) in [4.78, 5) is 17.1. The van der Waals surface area contributed by atoms with Crippen LogP contribution in [0.3, 0.4) is 0 Å². The number of ether oxygens (including phenoxy) is 2. The molecule has 24 heavy (non-hydrogen) atoms. The van der Waals surface area contributed by atoms with E-state index in [0.29, 0.717) is 24.1 Å². The Kier molecular flexibility index (Phi) is 6.60. The minimum absolute atomic E-state index is 0.0719. The third-order valence-corrected chi connectivity index (χ3v) is 4.79. The minimum Gasteiger partial charge on any atom is -0.477 e. The number of nitrogens with zero attached hydrogens (tertiary/aromatic N) is 1. The van der Waals surface area contributed by atoms with Crippen LogP contribution < -0.4 is 10.1 Å². The summed E-state index contributed by atoms with van der Waals surface area (Å²) < 4.78 is 11.3. The van der Waals surface area contributed by atoms with Gasteiger partial charge in [0.15, 0.2) is 0 Å². The van der Waals surface area contributed by atoms with E-state index in [0.717, 1.165) is 44.1 Å². The molecule has 0 aromatic carbocycles. The Balaban J connectivity index is 2.04. The first kappa shape index (κ1) is 18.7. The highest BCUT2D eigenvalue weighted by Gasteiger charge is 2.42. The summed E-state index contributed by atoms with van der Waals surface area (Å²) in [6.07, 6.45) is 7.46. The zero-order valence-corrected chi connectivity index (χ0v) is 15.4. The highest BCUT2D eigenvalue weighted by molar-refractivity contribution is 5.97. The molecule has 2 rings (SSSR count). The lowest BCUT2D eigenvalue weighted by molar-refractivity contribution is -0.143. The first-order chi connectivity index (χ1) is 11.5. The van der Waals surface area contributed by atoms with Crippen molar-refractivity contribution in [3.05, 3.63) is 17.8 Å². The number of nitrogens with one attached hydrogen (secondary N) is 1. The van der Waals surface area contributed by atoms with Crippen molar-refractivity contribution >= 4 is 11.6 Å². The van der Waals surface area contributed by atoms with Crippen LogP contribution in [0, 0.1) is 12.8 Å². The Hall–Kier alpha value is -1.62. The minimum atomic E-state index is -0.720. The number of aryl methyl sites for hydroxylation is 1. The summed E-state index contributed by atoms with van der Waals surface area (Å²) in [5.74, 6) is 1.06. The number of carbonyl (C=O) groups is 1. The van der Waals surface area contributed by atoms with E-state index in [1.165, 1.54) is 0 Å². The van der Waals surface area contributed by atoms with Crippen LogP contribution in [0.4, 0.5) is 5.69 Å². The Morgan fingerprint density at radius 2 is 2.29 bits per heavy atom. The first-order valence-electron chi connectivity index (χ1n) is 8.97. The van der Waals surface area contributed by atoms with Crippen molar-refractivity contribution in [2.75, 3.05) is 19.0 Å². The second-order valence-electron chi connectivity index (χ2n) is 6.90. The molecular formula is C19H30N2O3. The van der Waals surface area contributed by atoms with E-state index < -0.39 is 5.60 Å². The van der Waals surface area contributed by atoms with Gasteiger partial charge in [0, 0.05) is 12.7 Å². The molecule has 1 N–H and O–H groups in total. The van der Waals surface area contributed by atoms with Crippen molar-refractivity contribution in [1.82, 2.24) is 4.98 Å². The predicted octanol–water partition coefficient (Wildman–Crippen LogP) is 4.10. The van der Waals surface area contributed by atoms with Crippen molar-refractivity contribution < 1.29 is 14.3 Å². The van der Waals surface area contributed by atoms with Gasteiger partial charge < -0.3 is 14.8 Å². The molecule has 1 heterocycles. The molecule has 1 amide bonds. The number of carbonyl (C=O) groups excluding carboxylic acids is 1. The molecule has 5 heteroatoms. The van der Waals surface area contributed by atoms with Crippen LogP contribution in [0.25, 0.3) is 0 Å². The van der Waals surface area contributed by atoms with Gasteiger partial charge in [0.25, 0.3) is 5.91 Å². The van der Waals surface area contributed by atoms with Gasteiger partial charge in [0.2, 0.25) is 5.88 Å². The molecule has 0 radical (unpaired) electrons. The second-order valence-corrected chi connectivity index (χ2v) is 6.90. The van der Waals surface area contributed by atoms with Gasteiger partial charge in [-0.3, -0.25) is 4.79 Å². The van der Waals surface area contributed by atoms with Gasteiger partial charge in [-0.05, 0) is 44.6 Å². The maximum Gasteiger partial charge on any atom is 0.256 e. The Labute approximate surface area is 145 Å². The predicted molar refractivity (Wildman–Crippen MR) is 95.4 cm³/mol. The van der Waals surface area contributed by atoms with Crippen molar-refractivity contribution in [3.8, 4) is 5.88 Å². The lowest BCUT2D eigenvalue weighted by Crippen LogP contribution is -2.47. The zero-order chi connectivity index (χ0) is 17.6. The van der Waals surface area contributed by atoms with Crippen LogP contribution in [0.5, 0.6) is 5.88 Å². The van der Waals surface area contributed by atoms with Crippen molar-refractivity contribution in [2.24, 2.45) is 5.92 Å². The summed E-state index contributed by atoms with van der Waals surface area (Å²) >= 11 is 0. The molecule has 0 saturated heterocycles. The van der Waals surface area contributed by atoms with Crippen LogP contribution in [-0.4, -0.2) is 30.2 Å². The summed E-state index contributed by atoms with van der Waals surface area (Å²) in [5, 5.41) is 2.98. The Bertz CT molecular complexity index is 562. The number of pyridine rings is 1. The van der Waals surface area contributed by atoms with Crippen LogP contribution in [0.1, 0.15) is 57.9 Å². The molecule has 134 valence electrons. The highest BCUT2D eigenvalue weighted by Crippen LogP contribution is 2.35. The van der Waals surface area contributed by atoms with Gasteiger partial charge in [-0.25, -0.2) is 4.98 Å². The Morgan fingerprint density at radius 3 is 2.92 bits per heavy atom. The maximum absolute atomic E-state index is 12.8. The summed E-state index contributed by atoms with van der Waals surface area (Å²) in [6, 6.07) is 1.90. The van der Waals surface area contributed by atoms with Gasteiger partial charge >= 0.3 is 0 Å². The lowest BCUT2D eigenvalue weighted by atomic mass is 9.78. The van der Waals surface area contributed by atoms with E-state index in [9.17, 15) is 4.79 Å². The van der Waals surface area contributed by atoms with Crippen molar-refractivity contribution in [3.63, 3.8) is 0 Å². The van der Waals surface area contributed by atoms with E-state index in [-0.39, 0.29) is 5.91 Å². The largest absolute Gasteiger partial charge is 0.477 e. The van der Waals surface area contributed by atoms with Gasteiger partial charge in [-0.1, -0.05) is 26.7 Å². The number of amides is 1. The maximum atomic E-state index is 12.8. The van der Waals surface area contributed by atoms with Crippen molar-refractivity contribution in [2.45, 2.75) is 64.9 Å². The van der Waals surface area contributed by atoms with Crippen LogP contribution >= 0.6 is 0 Å². The number of hydrogen-bond donors (Lipinski definition) is 1. The third-order valence-electron chi connectivity index (χ3n) is 4.79. The molecular weight excluding hydrogens is 304 g/mol. The van der Waals surface area contributed by atoms with E-state index in [1.54, 1.807) is 13.3 Å². The average Bonchev–Trinajstić information content (AvgIpc) is 2.56. The molecule has 1 aromatic heterocycles. The lowest BCUT2D eigenvalue weighted by Gasteiger charge is -2.37. The molecule has 1 saturated carbocycles. The van der Waals surface area contributed by atoms with E-state index in [2.05, 4.69) is 24.1 Å². The number of methoxy groups -OCH3 is 1. The normalized spacial score (nSPS) is 23.8. The van der Waals surface area contributed by atoms with Gasteiger partial charge in [-0.2, -0.15) is 0 Å². The Morgan fingerprint density at radius 1 is 1.50 bits per heavy atom. The van der Waals surface area contributed by atoms with E-state index in [4.69, 9.17) is 9.47 Å². The fraction of sp³-hybridized carbons (Fsp3) is 0.684. The number of anilines is 1. The molecule has 1 aromatic rings. The fourth-order valence-corrected chi connectivity index (χ4v) is 3.33. The number of unbranched alkanes of at least 4 members (excludes halogenated alkanes) is 1. The van der Waals surface area contributed by atoms with Gasteiger partial charge in [-0.15, -0.1) is 0 Å². The quantitative estimate of drug-likeness (QED) is 0.763. The molecule has 2 atom stereocenters. The first-order valence-corrected chi connectivity index (χ1v) is 8.97. The monoisotopic (exact) mass is 334 g/mol. The van der Waals surface area contributed by atoms with E-state index in [1.807, 2.05) is 13.0 Å². The molecule has 0 spiro atoms. The fourth-order valence-electron chi connectivity index (χ4n) is 3.33. The number of hydrogen-bond acceptors (Lipinski definition) is 4. The molecule has 0 aliphatic heterocycles. The van der Waals surface area contributed by atoms with Crippen LogP contribution in [0.2, 0.25) is 0 Å². The highest BCUT2D eigenvalue weighted by atomic mass is 16.5. The molecule has 1 fully saturated rings. The van der Waals surface area contributed by atoms with Crippen molar-refractivity contribution in [1.29, 1.82) is 0 Å². The SMILES string of the molecule is CCCCOc1ncc(NC(=O)C2(OC)CCCC(C)C2)cc1C. The second kappa shape index (κ2) is 8.47. The summed E-state index contributed by atoms with van der Waals surface area (Å²) in [6.45, 7) is 6.91. The standard InChI is InChI=1S/C19H30N2O3/c1-5-6-10-24-17-15(3)11-16(13-20-17)21-18(22)19(23-4)9-7-8-14(2)12-19/h11,13-14H,5-10,12H2,1-4H3,(H,21,22). The van der Waals surface area contributed by atoms with E-state index >= 15 is 0 Å². The average molecular weight is 334 g/mol. The molecule has 2 unspecified atom stereocenters. The number of aromatic nitrogens is 1. The van der Waals surface area contributed by atoms with Crippen LogP contribution in [0.15, 0.2) is 12.3 Å². The van der Waals surface area contributed by atoms with Crippen LogP contribution in [-0.2, 0) is 9.53 Å². The number of rotatable bonds is 7. The summed E-state index contributed by atoms with van der Waals surface area (Å²) in [5.41, 5.74) is 0.893. The van der Waals surface area contributed by atoms with Gasteiger partial charge in [0.05, 0.1) is 18.5 Å². The smallest absolute Gasteiger partial charge is 0.256 e.